The summed E-state index contributed by atoms with van der Waals surface area (Å²) in [5.41, 5.74) is 5.98. The highest BCUT2D eigenvalue weighted by molar-refractivity contribution is 5.93. The molecule has 5 rings (SSSR count). The quantitative estimate of drug-likeness (QED) is 0.237. The van der Waals surface area contributed by atoms with E-state index in [0.29, 0.717) is 22.4 Å². The number of phenolic OH excluding ortho intramolecular Hbond substituents is 2. The summed E-state index contributed by atoms with van der Waals surface area (Å²) in [5.74, 6) is -1.61. The fraction of sp³-hybridized carbons (Fsp3) is 0.179. The van der Waals surface area contributed by atoms with Crippen molar-refractivity contribution in [2.45, 2.75) is 12.3 Å². The van der Waals surface area contributed by atoms with E-state index in [1.807, 2.05) is 0 Å². The van der Waals surface area contributed by atoms with Gasteiger partial charge in [0.2, 0.25) is 0 Å². The standard InChI is InChI=1S/C28H23NO10/c1-35-19-5-4-14(7-16(19)30)21-10-17(31)27-18(32)11-23-26(28(27)39-21)15(9-25(34)38-23)13-3-6-20(36-2)22(8-13)37-12-24(29)33/h3-8,10-11,15,30,32H,9,12H2,1-2H3,(H2,29,33)/t15-/m0/s1. The Kier molecular flexibility index (Phi) is 6.48. The van der Waals surface area contributed by atoms with E-state index in [-0.39, 0.29) is 46.1 Å². The van der Waals surface area contributed by atoms with Gasteiger partial charge in [0.1, 0.15) is 28.2 Å². The van der Waals surface area contributed by atoms with Crippen molar-refractivity contribution in [2.24, 2.45) is 5.73 Å². The third-order valence-corrected chi connectivity index (χ3v) is 6.35. The Morgan fingerprint density at radius 1 is 0.974 bits per heavy atom. The number of amides is 1. The molecule has 2 heterocycles. The topological polar surface area (TPSA) is 168 Å². The first-order chi connectivity index (χ1) is 18.7. The van der Waals surface area contributed by atoms with Crippen molar-refractivity contribution < 1.29 is 43.2 Å². The molecule has 1 atom stereocenters. The van der Waals surface area contributed by atoms with Crippen molar-refractivity contribution in [3.8, 4) is 45.8 Å². The summed E-state index contributed by atoms with van der Waals surface area (Å²) in [7, 11) is 2.84. The van der Waals surface area contributed by atoms with Crippen LogP contribution in [0.25, 0.3) is 22.3 Å². The van der Waals surface area contributed by atoms with Crippen LogP contribution in [-0.4, -0.2) is 42.9 Å². The Hall–Kier alpha value is -5.19. The van der Waals surface area contributed by atoms with Crippen LogP contribution in [0.15, 0.2) is 57.7 Å². The fourth-order valence-electron chi connectivity index (χ4n) is 4.60. The minimum atomic E-state index is -0.686. The van der Waals surface area contributed by atoms with Crippen LogP contribution in [0.1, 0.15) is 23.5 Å². The first kappa shape index (κ1) is 25.5. The Balaban J connectivity index is 1.73. The van der Waals surface area contributed by atoms with Crippen LogP contribution in [0.4, 0.5) is 0 Å². The smallest absolute Gasteiger partial charge is 0.312 e. The zero-order valence-electron chi connectivity index (χ0n) is 20.8. The molecule has 1 aromatic heterocycles. The Labute approximate surface area is 220 Å². The summed E-state index contributed by atoms with van der Waals surface area (Å²) in [6, 6.07) is 11.8. The van der Waals surface area contributed by atoms with Crippen LogP contribution in [0, 0.1) is 0 Å². The summed E-state index contributed by atoms with van der Waals surface area (Å²) >= 11 is 0. The largest absolute Gasteiger partial charge is 0.507 e. The molecule has 1 amide bonds. The average molecular weight is 533 g/mol. The van der Waals surface area contributed by atoms with E-state index in [0.717, 1.165) is 0 Å². The number of rotatable bonds is 7. The van der Waals surface area contributed by atoms with Crippen LogP contribution in [0.2, 0.25) is 0 Å². The van der Waals surface area contributed by atoms with Crippen molar-refractivity contribution in [2.75, 3.05) is 20.8 Å². The van der Waals surface area contributed by atoms with Gasteiger partial charge in [0.05, 0.1) is 20.6 Å². The van der Waals surface area contributed by atoms with Gasteiger partial charge in [0.15, 0.2) is 35.0 Å². The second kappa shape index (κ2) is 9.93. The molecular formula is C28H23NO10. The van der Waals surface area contributed by atoms with Gasteiger partial charge in [-0.3, -0.25) is 14.4 Å². The molecule has 0 saturated carbocycles. The number of benzene rings is 3. The lowest BCUT2D eigenvalue weighted by Gasteiger charge is -2.26. The third kappa shape index (κ3) is 4.65. The van der Waals surface area contributed by atoms with Crippen molar-refractivity contribution in [1.82, 2.24) is 0 Å². The van der Waals surface area contributed by atoms with E-state index < -0.39 is 35.6 Å². The number of hydrogen-bond acceptors (Lipinski definition) is 10. The summed E-state index contributed by atoms with van der Waals surface area (Å²) < 4.78 is 27.5. The van der Waals surface area contributed by atoms with Gasteiger partial charge < -0.3 is 39.3 Å². The SMILES string of the molecule is COc1ccc(-c2cc(=O)c3c(O)cc4c(c3o2)[C@H](c2ccc(OC)c(OCC(N)=O)c2)CC(=O)O4)cc1O. The predicted molar refractivity (Wildman–Crippen MR) is 138 cm³/mol. The van der Waals surface area contributed by atoms with Crippen LogP contribution < -0.4 is 30.1 Å². The first-order valence-electron chi connectivity index (χ1n) is 11.7. The molecule has 3 aromatic carbocycles. The number of methoxy groups -OCH3 is 2. The van der Waals surface area contributed by atoms with Crippen molar-refractivity contribution in [1.29, 1.82) is 0 Å². The van der Waals surface area contributed by atoms with Gasteiger partial charge in [-0.25, -0.2) is 0 Å². The summed E-state index contributed by atoms with van der Waals surface area (Å²) in [6.07, 6.45) is -0.119. The highest BCUT2D eigenvalue weighted by Gasteiger charge is 2.34. The molecule has 200 valence electrons. The molecule has 1 aliphatic heterocycles. The molecule has 0 bridgehead atoms. The minimum absolute atomic E-state index is 0.00994. The maximum atomic E-state index is 13.2. The summed E-state index contributed by atoms with van der Waals surface area (Å²) in [5, 5.41) is 20.8. The molecule has 0 aliphatic carbocycles. The van der Waals surface area contributed by atoms with Gasteiger partial charge in [-0.05, 0) is 35.9 Å². The molecule has 4 aromatic rings. The molecule has 11 heteroatoms. The van der Waals surface area contributed by atoms with E-state index in [9.17, 15) is 24.6 Å². The average Bonchev–Trinajstić information content (AvgIpc) is 2.90. The number of aromatic hydroxyl groups is 2. The zero-order valence-corrected chi connectivity index (χ0v) is 20.8. The molecule has 0 unspecified atom stereocenters. The van der Waals surface area contributed by atoms with Gasteiger partial charge in [-0.1, -0.05) is 6.07 Å². The maximum absolute atomic E-state index is 13.2. The first-order valence-corrected chi connectivity index (χ1v) is 11.7. The Morgan fingerprint density at radius 3 is 2.41 bits per heavy atom. The normalized spacial score (nSPS) is 14.4. The second-order valence-corrected chi connectivity index (χ2v) is 8.77. The van der Waals surface area contributed by atoms with Crippen LogP contribution in [-0.2, 0) is 9.59 Å². The summed E-state index contributed by atoms with van der Waals surface area (Å²) in [4.78, 5) is 37.1. The fourth-order valence-corrected chi connectivity index (χ4v) is 4.60. The molecular weight excluding hydrogens is 510 g/mol. The number of ether oxygens (including phenoxy) is 4. The Bertz CT molecular complexity index is 1690. The molecule has 39 heavy (non-hydrogen) atoms. The number of carbonyl (C=O) groups is 2. The highest BCUT2D eigenvalue weighted by Crippen LogP contribution is 2.47. The molecule has 0 fully saturated rings. The minimum Gasteiger partial charge on any atom is -0.507 e. The van der Waals surface area contributed by atoms with Gasteiger partial charge in [0, 0.05) is 29.2 Å². The Morgan fingerprint density at radius 2 is 1.72 bits per heavy atom. The number of nitrogens with two attached hydrogens (primary N) is 1. The number of fused-ring (bicyclic) bond motifs is 3. The van der Waals surface area contributed by atoms with Gasteiger partial charge >= 0.3 is 5.97 Å². The lowest BCUT2D eigenvalue weighted by atomic mass is 9.85. The van der Waals surface area contributed by atoms with E-state index in [1.165, 1.54) is 38.5 Å². The van der Waals surface area contributed by atoms with Gasteiger partial charge in [0.25, 0.3) is 5.91 Å². The highest BCUT2D eigenvalue weighted by atomic mass is 16.5. The lowest BCUT2D eigenvalue weighted by molar-refractivity contribution is -0.135. The second-order valence-electron chi connectivity index (χ2n) is 8.77. The summed E-state index contributed by atoms with van der Waals surface area (Å²) in [6.45, 7) is -0.396. The number of carbonyl (C=O) groups excluding carboxylic acids is 2. The number of hydrogen-bond donors (Lipinski definition) is 3. The lowest BCUT2D eigenvalue weighted by Crippen LogP contribution is -2.22. The number of esters is 1. The molecule has 0 radical (unpaired) electrons. The van der Waals surface area contributed by atoms with Crippen LogP contribution in [0.3, 0.4) is 0 Å². The van der Waals surface area contributed by atoms with Crippen LogP contribution >= 0.6 is 0 Å². The third-order valence-electron chi connectivity index (χ3n) is 6.35. The monoisotopic (exact) mass is 533 g/mol. The molecule has 0 spiro atoms. The molecule has 1 aliphatic rings. The van der Waals surface area contributed by atoms with Gasteiger partial charge in [-0.15, -0.1) is 0 Å². The molecule has 4 N–H and O–H groups in total. The van der Waals surface area contributed by atoms with Gasteiger partial charge in [-0.2, -0.15) is 0 Å². The van der Waals surface area contributed by atoms with E-state index in [2.05, 4.69) is 0 Å². The van der Waals surface area contributed by atoms with E-state index in [1.54, 1.807) is 24.3 Å². The molecule has 0 saturated heterocycles. The number of primary amides is 1. The predicted octanol–water partition coefficient (Wildman–Crippen LogP) is 3.19. The number of phenols is 2. The van der Waals surface area contributed by atoms with E-state index in [4.69, 9.17) is 29.1 Å². The van der Waals surface area contributed by atoms with E-state index >= 15 is 0 Å². The molecule has 11 nitrogen and oxygen atoms in total. The zero-order chi connectivity index (χ0) is 27.8. The van der Waals surface area contributed by atoms with Crippen molar-refractivity contribution >= 4 is 22.8 Å². The van der Waals surface area contributed by atoms with Crippen molar-refractivity contribution in [3.05, 3.63) is 69.9 Å². The van der Waals surface area contributed by atoms with Crippen molar-refractivity contribution in [3.63, 3.8) is 0 Å². The maximum Gasteiger partial charge on any atom is 0.312 e. The van der Waals surface area contributed by atoms with Crippen LogP contribution in [0.5, 0.6) is 34.5 Å².